The zero-order chi connectivity index (χ0) is 16.2. The summed E-state index contributed by atoms with van der Waals surface area (Å²) in [4.78, 5) is 2.56. The molecule has 0 atom stereocenters. The lowest BCUT2D eigenvalue weighted by Crippen LogP contribution is -2.44. The monoisotopic (exact) mass is 321 g/mol. The summed E-state index contributed by atoms with van der Waals surface area (Å²) in [5.74, 6) is 0. The number of benzene rings is 2. The van der Waals surface area contributed by atoms with Gasteiger partial charge in [0.15, 0.2) is 0 Å². The van der Waals surface area contributed by atoms with Crippen LogP contribution in [0.4, 0.5) is 0 Å². The van der Waals surface area contributed by atoms with Crippen molar-refractivity contribution in [2.45, 2.75) is 19.4 Å². The summed E-state index contributed by atoms with van der Waals surface area (Å²) in [6, 6.07) is 15.8. The van der Waals surface area contributed by atoms with Crippen LogP contribution in [0.2, 0.25) is 0 Å². The van der Waals surface area contributed by atoms with Crippen molar-refractivity contribution in [3.8, 4) is 11.1 Å². The highest BCUT2D eigenvalue weighted by Gasteiger charge is 2.17. The van der Waals surface area contributed by atoms with Gasteiger partial charge in [0.2, 0.25) is 0 Å². The van der Waals surface area contributed by atoms with E-state index in [0.717, 1.165) is 32.6 Å². The van der Waals surface area contributed by atoms with Crippen LogP contribution in [0.25, 0.3) is 11.1 Å². The molecule has 0 aromatic heterocycles. The Balaban J connectivity index is 1.25. The molecule has 0 bridgehead atoms. The summed E-state index contributed by atoms with van der Waals surface area (Å²) in [5, 5.41) is 7.02. The smallest absolute Gasteiger partial charge is 0.0205 e. The Hall–Kier alpha value is -1.68. The van der Waals surface area contributed by atoms with Crippen LogP contribution in [0.5, 0.6) is 0 Å². The molecule has 4 rings (SSSR count). The van der Waals surface area contributed by atoms with Crippen LogP contribution < -0.4 is 10.6 Å². The molecule has 2 N–H and O–H groups in total. The molecule has 2 aliphatic rings. The van der Waals surface area contributed by atoms with Crippen LogP contribution in [0.1, 0.15) is 23.1 Å². The third-order valence-corrected chi connectivity index (χ3v) is 5.22. The number of hydrogen-bond donors (Lipinski definition) is 2. The van der Waals surface area contributed by atoms with Gasteiger partial charge >= 0.3 is 0 Å². The van der Waals surface area contributed by atoms with Crippen molar-refractivity contribution in [1.29, 1.82) is 0 Å². The van der Waals surface area contributed by atoms with Crippen molar-refractivity contribution in [3.05, 3.63) is 59.2 Å². The van der Waals surface area contributed by atoms with Crippen molar-refractivity contribution in [3.63, 3.8) is 0 Å². The van der Waals surface area contributed by atoms with Gasteiger partial charge in [0.25, 0.3) is 0 Å². The van der Waals surface area contributed by atoms with Gasteiger partial charge < -0.3 is 15.5 Å². The van der Waals surface area contributed by atoms with Crippen LogP contribution in [0, 0.1) is 0 Å². The summed E-state index contributed by atoms with van der Waals surface area (Å²) in [6.07, 6.45) is 2.32. The van der Waals surface area contributed by atoms with E-state index in [4.69, 9.17) is 0 Å². The Labute approximate surface area is 145 Å². The average molecular weight is 321 g/mol. The van der Waals surface area contributed by atoms with Crippen molar-refractivity contribution in [1.82, 2.24) is 15.5 Å². The average Bonchev–Trinajstić information content (AvgIpc) is 3.00. The molecule has 0 spiro atoms. The first-order chi connectivity index (χ1) is 11.9. The highest BCUT2D eigenvalue weighted by atomic mass is 15.2. The summed E-state index contributed by atoms with van der Waals surface area (Å²) in [5.41, 5.74) is 7.20. The summed E-state index contributed by atoms with van der Waals surface area (Å²) in [6.45, 7) is 7.98. The number of nitrogens with zero attached hydrogens (tertiary/aromatic N) is 1. The molecule has 0 amide bonds. The zero-order valence-corrected chi connectivity index (χ0v) is 14.4. The van der Waals surface area contributed by atoms with Crippen LogP contribution in [0.15, 0.2) is 42.5 Å². The van der Waals surface area contributed by atoms with E-state index in [9.17, 15) is 0 Å². The molecule has 1 aliphatic carbocycles. The second kappa shape index (κ2) is 7.47. The lowest BCUT2D eigenvalue weighted by molar-refractivity contribution is 0.237. The highest BCUT2D eigenvalue weighted by molar-refractivity contribution is 5.76. The minimum absolute atomic E-state index is 0.977. The van der Waals surface area contributed by atoms with Gasteiger partial charge in [-0.3, -0.25) is 0 Å². The maximum Gasteiger partial charge on any atom is 0.0205 e. The SMILES string of the molecule is c1ccc2c(c1)Cc1cc(CNCCCN3CCNCC3)ccc1-2. The van der Waals surface area contributed by atoms with E-state index in [1.165, 1.54) is 53.9 Å². The summed E-state index contributed by atoms with van der Waals surface area (Å²) < 4.78 is 0. The van der Waals surface area contributed by atoms with Gasteiger partial charge in [-0.2, -0.15) is 0 Å². The third kappa shape index (κ3) is 3.54. The summed E-state index contributed by atoms with van der Waals surface area (Å²) >= 11 is 0. The predicted molar refractivity (Wildman–Crippen MR) is 100 cm³/mol. The number of piperazine rings is 1. The Morgan fingerprint density at radius 2 is 1.79 bits per heavy atom. The maximum absolute atomic E-state index is 3.61. The van der Waals surface area contributed by atoms with Crippen molar-refractivity contribution in [2.75, 3.05) is 39.3 Å². The molecule has 2 aromatic carbocycles. The molecular weight excluding hydrogens is 294 g/mol. The van der Waals surface area contributed by atoms with E-state index in [1.807, 2.05) is 0 Å². The molecule has 1 heterocycles. The fraction of sp³-hybridized carbons (Fsp3) is 0.429. The van der Waals surface area contributed by atoms with Gasteiger partial charge in [0.05, 0.1) is 0 Å². The van der Waals surface area contributed by atoms with E-state index >= 15 is 0 Å². The van der Waals surface area contributed by atoms with Crippen LogP contribution in [0.3, 0.4) is 0 Å². The molecule has 126 valence electrons. The van der Waals surface area contributed by atoms with Gasteiger partial charge in [0, 0.05) is 32.7 Å². The molecule has 0 unspecified atom stereocenters. The minimum atomic E-state index is 0.977. The molecule has 1 saturated heterocycles. The summed E-state index contributed by atoms with van der Waals surface area (Å²) in [7, 11) is 0. The Kier molecular flexibility index (Phi) is 4.93. The van der Waals surface area contributed by atoms with Gasteiger partial charge in [-0.15, -0.1) is 0 Å². The van der Waals surface area contributed by atoms with E-state index < -0.39 is 0 Å². The van der Waals surface area contributed by atoms with E-state index in [1.54, 1.807) is 0 Å². The molecule has 3 heteroatoms. The van der Waals surface area contributed by atoms with Crippen LogP contribution in [-0.2, 0) is 13.0 Å². The second-order valence-electron chi connectivity index (χ2n) is 6.95. The van der Waals surface area contributed by atoms with Crippen molar-refractivity contribution in [2.24, 2.45) is 0 Å². The molecule has 0 radical (unpaired) electrons. The third-order valence-electron chi connectivity index (χ3n) is 5.22. The van der Waals surface area contributed by atoms with Crippen molar-refractivity contribution < 1.29 is 0 Å². The Bertz CT molecular complexity index is 689. The first-order valence-corrected chi connectivity index (χ1v) is 9.24. The Morgan fingerprint density at radius 3 is 2.71 bits per heavy atom. The Morgan fingerprint density at radius 1 is 0.958 bits per heavy atom. The molecule has 0 saturated carbocycles. The van der Waals surface area contributed by atoms with E-state index in [-0.39, 0.29) is 0 Å². The van der Waals surface area contributed by atoms with E-state index in [0.29, 0.717) is 0 Å². The largest absolute Gasteiger partial charge is 0.314 e. The lowest BCUT2D eigenvalue weighted by atomic mass is 10.0. The van der Waals surface area contributed by atoms with E-state index in [2.05, 4.69) is 58.0 Å². The number of nitrogens with one attached hydrogen (secondary N) is 2. The highest BCUT2D eigenvalue weighted by Crippen LogP contribution is 2.36. The number of fused-ring (bicyclic) bond motifs is 3. The lowest BCUT2D eigenvalue weighted by Gasteiger charge is -2.27. The molecule has 3 nitrogen and oxygen atoms in total. The maximum atomic E-state index is 3.61. The molecule has 2 aromatic rings. The van der Waals surface area contributed by atoms with Gasteiger partial charge in [0.1, 0.15) is 0 Å². The molecule has 1 fully saturated rings. The fourth-order valence-corrected chi connectivity index (χ4v) is 3.90. The van der Waals surface area contributed by atoms with Gasteiger partial charge in [-0.25, -0.2) is 0 Å². The number of rotatable bonds is 6. The fourth-order valence-electron chi connectivity index (χ4n) is 3.90. The first kappa shape index (κ1) is 15.8. The van der Waals surface area contributed by atoms with Gasteiger partial charge in [-0.1, -0.05) is 42.5 Å². The number of hydrogen-bond acceptors (Lipinski definition) is 3. The standard InChI is InChI=1S/C21H27N3/c1-2-5-20-18(4-1)15-19-14-17(6-7-21(19)20)16-23-8-3-11-24-12-9-22-10-13-24/h1-2,4-7,14,22-23H,3,8-13,15-16H2. The molecule has 1 aliphatic heterocycles. The molecule has 24 heavy (non-hydrogen) atoms. The normalized spacial score (nSPS) is 16.8. The molecular formula is C21H27N3. The van der Waals surface area contributed by atoms with Crippen molar-refractivity contribution >= 4 is 0 Å². The topological polar surface area (TPSA) is 27.3 Å². The quantitative estimate of drug-likeness (QED) is 0.684. The second-order valence-corrected chi connectivity index (χ2v) is 6.95. The first-order valence-electron chi connectivity index (χ1n) is 9.24. The predicted octanol–water partition coefficient (Wildman–Crippen LogP) is 2.64. The van der Waals surface area contributed by atoms with Crippen LogP contribution >= 0.6 is 0 Å². The minimum Gasteiger partial charge on any atom is -0.314 e. The zero-order valence-electron chi connectivity index (χ0n) is 14.4. The van der Waals surface area contributed by atoms with Gasteiger partial charge in [-0.05, 0) is 53.7 Å². The van der Waals surface area contributed by atoms with Crippen LogP contribution in [-0.4, -0.2) is 44.2 Å².